The van der Waals surface area contributed by atoms with Crippen LogP contribution in [0.2, 0.25) is 0 Å². The maximum absolute atomic E-state index is 13.2. The molecule has 3 aromatic heterocycles. The van der Waals surface area contributed by atoms with Crippen molar-refractivity contribution in [3.63, 3.8) is 0 Å². The predicted octanol–water partition coefficient (Wildman–Crippen LogP) is 3.25. The number of carboxylic acid groups (broad SMARTS) is 1. The molecular weight excluding hydrogens is 338 g/mol. The number of fused-ring (bicyclic) bond motifs is 1. The minimum absolute atomic E-state index is 0.0182. The van der Waals surface area contributed by atoms with E-state index in [0.717, 1.165) is 10.4 Å². The van der Waals surface area contributed by atoms with Gasteiger partial charge in [0.1, 0.15) is 10.5 Å². The first-order valence-corrected chi connectivity index (χ1v) is 8.69. The Hall–Kier alpha value is -2.54. The predicted molar refractivity (Wildman–Crippen MR) is 98.0 cm³/mol. The topological polar surface area (TPSA) is 85.1 Å². The molecule has 130 valence electrons. The second-order valence-electron chi connectivity index (χ2n) is 6.69. The van der Waals surface area contributed by atoms with Crippen molar-refractivity contribution in [2.24, 2.45) is 5.41 Å². The fraction of sp³-hybridized carbons (Fsp3) is 0.333. The average molecular weight is 357 g/mol. The lowest BCUT2D eigenvalue weighted by Crippen LogP contribution is -2.35. The quantitative estimate of drug-likeness (QED) is 0.775. The number of aryl methyl sites for hydroxylation is 2. The van der Waals surface area contributed by atoms with Gasteiger partial charge in [0.15, 0.2) is 5.82 Å². The van der Waals surface area contributed by atoms with Crippen LogP contribution in [-0.4, -0.2) is 25.6 Å². The lowest BCUT2D eigenvalue weighted by atomic mass is 9.93. The van der Waals surface area contributed by atoms with Gasteiger partial charge in [-0.1, -0.05) is 6.07 Å². The lowest BCUT2D eigenvalue weighted by molar-refractivity contribution is -0.147. The van der Waals surface area contributed by atoms with Crippen LogP contribution in [0.1, 0.15) is 24.3 Å². The minimum atomic E-state index is -1.11. The van der Waals surface area contributed by atoms with Crippen LogP contribution in [-0.2, 0) is 11.3 Å². The van der Waals surface area contributed by atoms with E-state index in [1.807, 2.05) is 19.9 Å². The van der Waals surface area contributed by atoms with Gasteiger partial charge in [-0.25, -0.2) is 4.98 Å². The molecule has 3 aromatic rings. The van der Waals surface area contributed by atoms with E-state index in [9.17, 15) is 14.7 Å². The highest BCUT2D eigenvalue weighted by Gasteiger charge is 2.30. The fourth-order valence-corrected chi connectivity index (χ4v) is 3.65. The number of thiophene rings is 1. The Morgan fingerprint density at radius 2 is 2.04 bits per heavy atom. The molecular formula is C18H19N3O3S. The Balaban J connectivity index is 2.35. The highest BCUT2D eigenvalue weighted by Crippen LogP contribution is 2.29. The molecule has 0 aromatic carbocycles. The Labute approximate surface area is 148 Å². The number of nitrogens with zero attached hydrogens (tertiary/aromatic N) is 3. The molecule has 0 unspecified atom stereocenters. The van der Waals surface area contributed by atoms with Gasteiger partial charge in [-0.15, -0.1) is 11.3 Å². The number of rotatable bonds is 4. The second-order valence-corrected chi connectivity index (χ2v) is 7.90. The van der Waals surface area contributed by atoms with Crippen molar-refractivity contribution in [1.29, 1.82) is 0 Å². The molecule has 0 aliphatic heterocycles. The zero-order valence-electron chi connectivity index (χ0n) is 14.5. The zero-order chi connectivity index (χ0) is 18.4. The smallest absolute Gasteiger partial charge is 0.310 e. The molecule has 1 N–H and O–H groups in total. The molecule has 0 aliphatic carbocycles. The van der Waals surface area contributed by atoms with Crippen molar-refractivity contribution in [2.45, 2.75) is 34.2 Å². The molecule has 7 heteroatoms. The highest BCUT2D eigenvalue weighted by molar-refractivity contribution is 7.18. The van der Waals surface area contributed by atoms with E-state index in [2.05, 4.69) is 9.97 Å². The van der Waals surface area contributed by atoms with Crippen molar-refractivity contribution in [3.05, 3.63) is 45.2 Å². The Bertz CT molecular complexity index is 1020. The van der Waals surface area contributed by atoms with E-state index in [4.69, 9.17) is 0 Å². The molecule has 3 rings (SSSR count). The van der Waals surface area contributed by atoms with Crippen LogP contribution in [0.25, 0.3) is 21.7 Å². The molecule has 0 spiro atoms. The summed E-state index contributed by atoms with van der Waals surface area (Å²) in [6, 6.07) is 5.37. The number of aromatic nitrogens is 3. The first-order valence-electron chi connectivity index (χ1n) is 7.87. The van der Waals surface area contributed by atoms with Crippen LogP contribution in [0.3, 0.4) is 0 Å². The standard InChI is InChI=1S/C18H19N3O3S/c1-10-11(2)25-15-13(10)16(22)21(9-18(3,4)17(23)24)14(20-15)12-7-5-6-8-19-12/h5-8H,9H2,1-4H3,(H,23,24). The lowest BCUT2D eigenvalue weighted by Gasteiger charge is -2.22. The van der Waals surface area contributed by atoms with Gasteiger partial charge >= 0.3 is 5.97 Å². The summed E-state index contributed by atoms with van der Waals surface area (Å²) in [6.07, 6.45) is 1.63. The van der Waals surface area contributed by atoms with Gasteiger partial charge in [-0.05, 0) is 45.4 Å². The van der Waals surface area contributed by atoms with E-state index in [1.54, 1.807) is 32.2 Å². The summed E-state index contributed by atoms with van der Waals surface area (Å²) in [6.45, 7) is 7.06. The zero-order valence-corrected chi connectivity index (χ0v) is 15.3. The van der Waals surface area contributed by atoms with E-state index < -0.39 is 11.4 Å². The molecule has 6 nitrogen and oxygen atoms in total. The molecule has 0 atom stereocenters. The minimum Gasteiger partial charge on any atom is -0.481 e. The highest BCUT2D eigenvalue weighted by atomic mass is 32.1. The summed E-state index contributed by atoms with van der Waals surface area (Å²) in [5.74, 6) is -0.571. The summed E-state index contributed by atoms with van der Waals surface area (Å²) >= 11 is 1.47. The molecule has 0 amide bonds. The van der Waals surface area contributed by atoms with Gasteiger partial charge < -0.3 is 5.11 Å². The number of carboxylic acids is 1. The van der Waals surface area contributed by atoms with Crippen molar-refractivity contribution in [3.8, 4) is 11.5 Å². The molecule has 0 aliphatic rings. The number of hydrogen-bond donors (Lipinski definition) is 1. The Kier molecular flexibility index (Phi) is 4.20. The monoisotopic (exact) mass is 357 g/mol. The first kappa shape index (κ1) is 17.3. The van der Waals surface area contributed by atoms with E-state index in [1.165, 1.54) is 15.9 Å². The summed E-state index contributed by atoms with van der Waals surface area (Å²) < 4.78 is 1.44. The fourth-order valence-electron chi connectivity index (χ4n) is 2.63. The molecule has 3 heterocycles. The third-order valence-corrected chi connectivity index (χ3v) is 5.42. The SMILES string of the molecule is Cc1sc2nc(-c3ccccn3)n(CC(C)(C)C(=O)O)c(=O)c2c1C. The Morgan fingerprint density at radius 3 is 2.64 bits per heavy atom. The number of aliphatic carboxylic acids is 1. The largest absolute Gasteiger partial charge is 0.481 e. The van der Waals surface area contributed by atoms with Crippen molar-refractivity contribution in [2.75, 3.05) is 0 Å². The maximum Gasteiger partial charge on any atom is 0.310 e. The third-order valence-electron chi connectivity index (χ3n) is 4.32. The van der Waals surface area contributed by atoms with Gasteiger partial charge in [-0.2, -0.15) is 0 Å². The summed E-state index contributed by atoms with van der Waals surface area (Å²) in [5.41, 5.74) is 0.113. The number of pyridine rings is 1. The van der Waals surface area contributed by atoms with Gasteiger partial charge in [0.2, 0.25) is 0 Å². The molecule has 0 bridgehead atoms. The van der Waals surface area contributed by atoms with Crippen molar-refractivity contribution >= 4 is 27.5 Å². The van der Waals surface area contributed by atoms with E-state index in [-0.39, 0.29) is 12.1 Å². The second kappa shape index (κ2) is 6.07. The molecule has 0 radical (unpaired) electrons. The van der Waals surface area contributed by atoms with Gasteiger partial charge in [0, 0.05) is 17.6 Å². The summed E-state index contributed by atoms with van der Waals surface area (Å²) in [4.78, 5) is 35.4. The van der Waals surface area contributed by atoms with Gasteiger partial charge in [0.25, 0.3) is 5.56 Å². The molecule has 0 saturated carbocycles. The van der Waals surface area contributed by atoms with Crippen LogP contribution < -0.4 is 5.56 Å². The van der Waals surface area contributed by atoms with E-state index in [0.29, 0.717) is 21.7 Å². The number of hydrogen-bond acceptors (Lipinski definition) is 5. The first-order chi connectivity index (χ1) is 11.7. The van der Waals surface area contributed by atoms with Crippen molar-refractivity contribution in [1.82, 2.24) is 14.5 Å². The van der Waals surface area contributed by atoms with Crippen LogP contribution in [0.5, 0.6) is 0 Å². The maximum atomic E-state index is 13.2. The molecule has 0 fully saturated rings. The summed E-state index contributed by atoms with van der Waals surface area (Å²) in [5, 5.41) is 10.0. The van der Waals surface area contributed by atoms with Crippen LogP contribution in [0.4, 0.5) is 0 Å². The van der Waals surface area contributed by atoms with Crippen LogP contribution in [0, 0.1) is 19.3 Å². The average Bonchev–Trinajstić information content (AvgIpc) is 2.85. The Morgan fingerprint density at radius 1 is 1.32 bits per heavy atom. The van der Waals surface area contributed by atoms with Crippen molar-refractivity contribution < 1.29 is 9.90 Å². The normalized spacial score (nSPS) is 11.8. The molecule has 0 saturated heterocycles. The molecule has 25 heavy (non-hydrogen) atoms. The van der Waals surface area contributed by atoms with Gasteiger partial charge in [-0.3, -0.25) is 19.1 Å². The summed E-state index contributed by atoms with van der Waals surface area (Å²) in [7, 11) is 0. The third kappa shape index (κ3) is 2.95. The van der Waals surface area contributed by atoms with E-state index >= 15 is 0 Å². The van der Waals surface area contributed by atoms with Crippen LogP contribution in [0.15, 0.2) is 29.2 Å². The number of carbonyl (C=O) groups is 1. The van der Waals surface area contributed by atoms with Crippen LogP contribution >= 0.6 is 11.3 Å². The van der Waals surface area contributed by atoms with Gasteiger partial charge in [0.05, 0.1) is 10.8 Å².